The molecule has 1 atom stereocenters. The van der Waals surface area contributed by atoms with E-state index >= 15 is 0 Å². The van der Waals surface area contributed by atoms with Gasteiger partial charge in [-0.2, -0.15) is 0 Å². The number of thiophene rings is 1. The van der Waals surface area contributed by atoms with Gasteiger partial charge in [0.25, 0.3) is 0 Å². The van der Waals surface area contributed by atoms with E-state index in [2.05, 4.69) is 48.7 Å². The average Bonchev–Trinajstić information content (AvgIpc) is 3.08. The average molecular weight is 285 g/mol. The number of benzene rings is 1. The van der Waals surface area contributed by atoms with Crippen LogP contribution in [-0.4, -0.2) is 10.8 Å². The maximum Gasteiger partial charge on any atom is 0.223 e. The smallest absolute Gasteiger partial charge is 0.223 e. The molecule has 0 bridgehead atoms. The number of aryl methyl sites for hydroxylation is 1. The fraction of sp³-hybridized carbons (Fsp3) is 0.353. The minimum absolute atomic E-state index is 0.223. The van der Waals surface area contributed by atoms with Crippen molar-refractivity contribution >= 4 is 17.2 Å². The molecule has 104 valence electrons. The Labute approximate surface area is 124 Å². The molecule has 1 aliphatic heterocycles. The predicted molar refractivity (Wildman–Crippen MR) is 82.7 cm³/mol. The Balaban J connectivity index is 1.56. The monoisotopic (exact) mass is 285 g/mol. The summed E-state index contributed by atoms with van der Waals surface area (Å²) >= 11 is 1.77. The third-order valence-corrected chi connectivity index (χ3v) is 4.96. The number of carbonyl (C=O) groups excluding carboxylic acids is 1. The lowest BCUT2D eigenvalue weighted by Crippen LogP contribution is -2.27. The Morgan fingerprint density at radius 1 is 1.30 bits per heavy atom. The van der Waals surface area contributed by atoms with Gasteiger partial charge in [0.1, 0.15) is 0 Å². The number of amides is 1. The second-order valence-electron chi connectivity index (χ2n) is 5.33. The Morgan fingerprint density at radius 3 is 2.90 bits per heavy atom. The van der Waals surface area contributed by atoms with Gasteiger partial charge in [0, 0.05) is 17.8 Å². The van der Waals surface area contributed by atoms with Crippen LogP contribution in [0.15, 0.2) is 41.8 Å². The highest BCUT2D eigenvalue weighted by Gasteiger charge is 2.29. The van der Waals surface area contributed by atoms with Crippen molar-refractivity contribution in [1.82, 2.24) is 4.90 Å². The minimum Gasteiger partial charge on any atom is -0.332 e. The zero-order valence-corrected chi connectivity index (χ0v) is 12.5. The third kappa shape index (κ3) is 2.63. The summed E-state index contributed by atoms with van der Waals surface area (Å²) in [6.45, 7) is 2.90. The van der Waals surface area contributed by atoms with Crippen molar-refractivity contribution in [3.8, 4) is 0 Å². The lowest BCUT2D eigenvalue weighted by atomic mass is 10.1. The quantitative estimate of drug-likeness (QED) is 0.825. The minimum atomic E-state index is 0.223. The number of nitrogens with zero attached hydrogens (tertiary/aromatic N) is 1. The van der Waals surface area contributed by atoms with Gasteiger partial charge < -0.3 is 4.90 Å². The highest BCUT2D eigenvalue weighted by molar-refractivity contribution is 7.09. The molecule has 2 aromatic rings. The zero-order chi connectivity index (χ0) is 13.9. The highest BCUT2D eigenvalue weighted by Crippen LogP contribution is 2.33. The highest BCUT2D eigenvalue weighted by atomic mass is 32.1. The summed E-state index contributed by atoms with van der Waals surface area (Å²) in [4.78, 5) is 15.8. The first-order chi connectivity index (χ1) is 9.75. The summed E-state index contributed by atoms with van der Waals surface area (Å²) in [6.07, 6.45) is 2.60. The van der Waals surface area contributed by atoms with Gasteiger partial charge in [0.2, 0.25) is 5.91 Å². The van der Waals surface area contributed by atoms with E-state index in [0.29, 0.717) is 6.42 Å². The van der Waals surface area contributed by atoms with Crippen LogP contribution < -0.4 is 0 Å². The summed E-state index contributed by atoms with van der Waals surface area (Å²) in [5.74, 6) is 0.283. The summed E-state index contributed by atoms with van der Waals surface area (Å²) in [7, 11) is 0. The van der Waals surface area contributed by atoms with E-state index in [1.54, 1.807) is 11.3 Å². The summed E-state index contributed by atoms with van der Waals surface area (Å²) < 4.78 is 0. The van der Waals surface area contributed by atoms with Crippen LogP contribution in [0.25, 0.3) is 0 Å². The molecule has 3 rings (SSSR count). The summed E-state index contributed by atoms with van der Waals surface area (Å²) in [5.41, 5.74) is 2.60. The van der Waals surface area contributed by atoms with E-state index in [4.69, 9.17) is 0 Å². The van der Waals surface area contributed by atoms with Crippen LogP contribution in [0.3, 0.4) is 0 Å². The molecule has 2 nitrogen and oxygen atoms in total. The molecule has 20 heavy (non-hydrogen) atoms. The summed E-state index contributed by atoms with van der Waals surface area (Å²) in [6, 6.07) is 12.8. The first kappa shape index (κ1) is 13.4. The van der Waals surface area contributed by atoms with Gasteiger partial charge in [-0.15, -0.1) is 11.3 Å². The van der Waals surface area contributed by atoms with Crippen LogP contribution in [0.4, 0.5) is 0 Å². The van der Waals surface area contributed by atoms with Gasteiger partial charge in [-0.05, 0) is 42.3 Å². The summed E-state index contributed by atoms with van der Waals surface area (Å²) in [5, 5.41) is 2.09. The van der Waals surface area contributed by atoms with Crippen molar-refractivity contribution in [2.75, 3.05) is 0 Å². The fourth-order valence-corrected chi connectivity index (χ4v) is 3.64. The Morgan fingerprint density at radius 2 is 2.15 bits per heavy atom. The van der Waals surface area contributed by atoms with E-state index < -0.39 is 0 Å². The van der Waals surface area contributed by atoms with Crippen LogP contribution in [-0.2, 0) is 17.8 Å². The second-order valence-corrected chi connectivity index (χ2v) is 6.36. The van der Waals surface area contributed by atoms with Crippen LogP contribution in [0.5, 0.6) is 0 Å². The molecule has 0 N–H and O–H groups in total. The van der Waals surface area contributed by atoms with E-state index in [1.165, 1.54) is 16.0 Å². The Kier molecular flexibility index (Phi) is 3.88. The lowest BCUT2D eigenvalue weighted by Gasteiger charge is -2.22. The maximum absolute atomic E-state index is 12.4. The van der Waals surface area contributed by atoms with Crippen molar-refractivity contribution in [1.29, 1.82) is 0 Å². The molecule has 0 fully saturated rings. The third-order valence-electron chi connectivity index (χ3n) is 4.03. The Bertz CT molecular complexity index is 591. The molecule has 0 spiro atoms. The molecule has 1 aromatic heterocycles. The molecule has 0 radical (unpaired) electrons. The normalized spacial score (nSPS) is 17.2. The number of hydrogen-bond donors (Lipinski definition) is 0. The number of carbonyl (C=O) groups is 1. The maximum atomic E-state index is 12.4. The van der Waals surface area contributed by atoms with Crippen LogP contribution in [0, 0.1) is 0 Å². The molecule has 0 unspecified atom stereocenters. The molecular weight excluding hydrogens is 266 g/mol. The molecule has 3 heteroatoms. The van der Waals surface area contributed by atoms with Crippen molar-refractivity contribution in [3.63, 3.8) is 0 Å². The molecule has 1 aromatic carbocycles. The Hall–Kier alpha value is -1.61. The second kappa shape index (κ2) is 5.80. The number of hydrogen-bond acceptors (Lipinski definition) is 2. The van der Waals surface area contributed by atoms with E-state index in [9.17, 15) is 4.79 Å². The first-order valence-electron chi connectivity index (χ1n) is 7.15. The van der Waals surface area contributed by atoms with Gasteiger partial charge >= 0.3 is 0 Å². The van der Waals surface area contributed by atoms with Crippen molar-refractivity contribution < 1.29 is 4.79 Å². The van der Waals surface area contributed by atoms with Crippen LogP contribution in [0.1, 0.15) is 41.8 Å². The topological polar surface area (TPSA) is 20.3 Å². The molecule has 2 heterocycles. The van der Waals surface area contributed by atoms with Crippen molar-refractivity contribution in [3.05, 3.63) is 57.8 Å². The van der Waals surface area contributed by atoms with Gasteiger partial charge in [-0.1, -0.05) is 30.3 Å². The number of fused-ring (bicyclic) bond motifs is 1. The van der Waals surface area contributed by atoms with Gasteiger partial charge in [0.15, 0.2) is 0 Å². The fourth-order valence-electron chi connectivity index (χ4n) is 2.89. The predicted octanol–water partition coefficient (Wildman–Crippen LogP) is 4.17. The molecule has 0 saturated carbocycles. The van der Waals surface area contributed by atoms with Crippen LogP contribution in [0.2, 0.25) is 0 Å². The van der Waals surface area contributed by atoms with Crippen molar-refractivity contribution in [2.24, 2.45) is 0 Å². The molecular formula is C17H19NOS. The molecule has 1 amide bonds. The van der Waals surface area contributed by atoms with E-state index in [-0.39, 0.29) is 11.9 Å². The van der Waals surface area contributed by atoms with Crippen LogP contribution >= 0.6 is 11.3 Å². The lowest BCUT2D eigenvalue weighted by molar-refractivity contribution is -0.133. The zero-order valence-electron chi connectivity index (χ0n) is 11.7. The van der Waals surface area contributed by atoms with E-state index in [0.717, 1.165) is 19.4 Å². The molecule has 0 aliphatic carbocycles. The largest absolute Gasteiger partial charge is 0.332 e. The standard InChI is InChI=1S/C17H19NOS/c1-13-16-9-3-2-6-14(16)12-18(13)17(19)10-4-7-15-8-5-11-20-15/h2-3,5-6,8-9,11,13H,4,7,10,12H2,1H3/t13-/m1/s1. The SMILES string of the molecule is C[C@@H]1c2ccccc2CN1C(=O)CCCc1cccs1. The van der Waals surface area contributed by atoms with E-state index in [1.807, 2.05) is 4.90 Å². The van der Waals surface area contributed by atoms with Gasteiger partial charge in [-0.25, -0.2) is 0 Å². The van der Waals surface area contributed by atoms with Crippen molar-refractivity contribution in [2.45, 2.75) is 38.8 Å². The molecule has 1 aliphatic rings. The van der Waals surface area contributed by atoms with Gasteiger partial charge in [-0.3, -0.25) is 4.79 Å². The van der Waals surface area contributed by atoms with Gasteiger partial charge in [0.05, 0.1) is 6.04 Å². The number of rotatable bonds is 4. The molecule has 0 saturated heterocycles. The first-order valence-corrected chi connectivity index (χ1v) is 8.03.